The van der Waals surface area contributed by atoms with E-state index >= 15 is 0 Å². The monoisotopic (exact) mass is 584 g/mol. The topological polar surface area (TPSA) is 165 Å². The zero-order valence-corrected chi connectivity index (χ0v) is 25.0. The maximum absolute atomic E-state index is 12.3. The molecule has 10 heteroatoms. The van der Waals surface area contributed by atoms with Crippen LogP contribution in [0.25, 0.3) is 18.2 Å². The van der Waals surface area contributed by atoms with Crippen molar-refractivity contribution < 1.29 is 29.4 Å². The van der Waals surface area contributed by atoms with Gasteiger partial charge >= 0.3 is 11.9 Å². The SMILES string of the molecule is C=CC1=C(C)C(=O)N=C1/C=c1/[nH]/c(=C\c2[nH]c(/C=C3\NC(=O)C(C)\C3=C\C)c(C)c2CCC(=O)O)c(CCC(=O)O)c1C. The fraction of sp³-hybridized carbons (Fsp3) is 0.303. The van der Waals surface area contributed by atoms with E-state index in [2.05, 4.69) is 26.9 Å². The van der Waals surface area contributed by atoms with Crippen molar-refractivity contribution in [2.24, 2.45) is 10.9 Å². The van der Waals surface area contributed by atoms with Gasteiger partial charge in [-0.2, -0.15) is 0 Å². The van der Waals surface area contributed by atoms with Crippen LogP contribution in [0.15, 0.2) is 46.1 Å². The number of aromatic nitrogens is 2. The third kappa shape index (κ3) is 6.28. The Bertz CT molecular complexity index is 1810. The van der Waals surface area contributed by atoms with Crippen molar-refractivity contribution >= 4 is 47.7 Å². The van der Waals surface area contributed by atoms with Crippen LogP contribution in [0.2, 0.25) is 0 Å². The standard InChI is InChI=1S/C33H36N4O6/c1-7-20-18(5)32(42)36-26(20)13-24-16(3)22(9-11-30(38)39)28(34-24)15-29-23(10-12-31(40)41)17(4)25(35-29)14-27-21(8-2)19(6)33(43)37-27/h7-8,13-15,19,34-35H,1,9-12H2,2-6H3,(H,37,43)(H,38,39)(H,40,41)/b21-8-,24-13+,27-14-,28-15-. The summed E-state index contributed by atoms with van der Waals surface area (Å²) in [5.41, 5.74) is 7.82. The van der Waals surface area contributed by atoms with E-state index in [0.29, 0.717) is 38.9 Å². The van der Waals surface area contributed by atoms with Crippen molar-refractivity contribution in [1.29, 1.82) is 0 Å². The Morgan fingerprint density at radius 2 is 1.56 bits per heavy atom. The van der Waals surface area contributed by atoms with Crippen LogP contribution in [-0.4, -0.2) is 49.6 Å². The summed E-state index contributed by atoms with van der Waals surface area (Å²) in [6.07, 6.45) is 9.31. The second kappa shape index (κ2) is 12.5. The zero-order valence-electron chi connectivity index (χ0n) is 25.0. The number of aromatic amines is 2. The average molecular weight is 585 g/mol. The first kappa shape index (κ1) is 31.0. The number of aliphatic imine (C=N–C) groups is 1. The number of carboxylic acid groups (broad SMARTS) is 2. The van der Waals surface area contributed by atoms with Gasteiger partial charge in [0.15, 0.2) is 0 Å². The maximum atomic E-state index is 12.3. The van der Waals surface area contributed by atoms with Crippen LogP contribution in [0.1, 0.15) is 67.3 Å². The molecule has 4 rings (SSSR count). The fourth-order valence-corrected chi connectivity index (χ4v) is 5.57. The first-order valence-corrected chi connectivity index (χ1v) is 14.1. The molecule has 0 aromatic carbocycles. The highest BCUT2D eigenvalue weighted by atomic mass is 16.4. The molecule has 2 aromatic heterocycles. The highest BCUT2D eigenvalue weighted by molar-refractivity contribution is 6.32. The molecule has 0 saturated carbocycles. The lowest BCUT2D eigenvalue weighted by molar-refractivity contribution is -0.138. The number of rotatable bonds is 10. The largest absolute Gasteiger partial charge is 0.481 e. The Kier molecular flexibility index (Phi) is 8.99. The molecule has 1 saturated heterocycles. The number of nitrogens with zero attached hydrogens (tertiary/aromatic N) is 1. The van der Waals surface area contributed by atoms with Gasteiger partial charge in [-0.3, -0.25) is 19.2 Å². The summed E-state index contributed by atoms with van der Waals surface area (Å²) in [4.78, 5) is 58.5. The highest BCUT2D eigenvalue weighted by Gasteiger charge is 2.29. The molecule has 0 spiro atoms. The molecule has 1 unspecified atom stereocenters. The number of hydrogen-bond acceptors (Lipinski definition) is 4. The van der Waals surface area contributed by atoms with Gasteiger partial charge in [0, 0.05) is 51.8 Å². The van der Waals surface area contributed by atoms with Crippen molar-refractivity contribution in [2.75, 3.05) is 0 Å². The Hall–Kier alpha value is -4.99. The van der Waals surface area contributed by atoms with Gasteiger partial charge in [0.25, 0.3) is 5.91 Å². The van der Waals surface area contributed by atoms with E-state index in [1.807, 2.05) is 45.9 Å². The molecular formula is C33H36N4O6. The van der Waals surface area contributed by atoms with Crippen molar-refractivity contribution in [3.05, 3.63) is 85.5 Å². The summed E-state index contributed by atoms with van der Waals surface area (Å²) in [5.74, 6) is -2.56. The molecule has 2 aromatic rings. The molecule has 1 atom stereocenters. The van der Waals surface area contributed by atoms with Crippen LogP contribution in [0.5, 0.6) is 0 Å². The molecule has 10 nitrogen and oxygen atoms in total. The van der Waals surface area contributed by atoms with E-state index in [1.165, 1.54) is 0 Å². The predicted molar refractivity (Wildman–Crippen MR) is 165 cm³/mol. The van der Waals surface area contributed by atoms with Gasteiger partial charge in [-0.25, -0.2) is 4.99 Å². The smallest absolute Gasteiger partial charge is 0.303 e. The van der Waals surface area contributed by atoms with Crippen molar-refractivity contribution in [3.63, 3.8) is 0 Å². The molecule has 224 valence electrons. The van der Waals surface area contributed by atoms with Crippen LogP contribution in [0, 0.1) is 19.8 Å². The normalized spacial score (nSPS) is 19.7. The number of carbonyl (C=O) groups is 4. The van der Waals surface area contributed by atoms with Crippen molar-refractivity contribution in [1.82, 2.24) is 15.3 Å². The molecule has 0 radical (unpaired) electrons. The number of allylic oxidation sites excluding steroid dienone is 4. The Morgan fingerprint density at radius 1 is 0.907 bits per heavy atom. The number of H-pyrrole nitrogens is 2. The summed E-state index contributed by atoms with van der Waals surface area (Å²) in [7, 11) is 0. The van der Waals surface area contributed by atoms with Crippen molar-refractivity contribution in [2.45, 2.75) is 60.3 Å². The third-order valence-electron chi connectivity index (χ3n) is 8.10. The van der Waals surface area contributed by atoms with E-state index in [0.717, 1.165) is 33.5 Å². The van der Waals surface area contributed by atoms with E-state index in [-0.39, 0.29) is 43.4 Å². The third-order valence-corrected chi connectivity index (χ3v) is 8.10. The van der Waals surface area contributed by atoms with Crippen LogP contribution in [0.4, 0.5) is 0 Å². The lowest BCUT2D eigenvalue weighted by Gasteiger charge is -2.03. The quantitative estimate of drug-likeness (QED) is 0.288. The Labute approximate surface area is 249 Å². The van der Waals surface area contributed by atoms with E-state index < -0.39 is 11.9 Å². The molecule has 0 bridgehead atoms. The van der Waals surface area contributed by atoms with E-state index in [4.69, 9.17) is 0 Å². The minimum Gasteiger partial charge on any atom is -0.481 e. The Morgan fingerprint density at radius 3 is 2.16 bits per heavy atom. The summed E-state index contributed by atoms with van der Waals surface area (Å²) in [6.45, 7) is 13.0. The first-order chi connectivity index (χ1) is 20.4. The van der Waals surface area contributed by atoms with Gasteiger partial charge < -0.3 is 25.5 Å². The number of hydrogen-bond donors (Lipinski definition) is 5. The van der Waals surface area contributed by atoms with E-state index in [9.17, 15) is 29.4 Å². The molecule has 2 aliphatic heterocycles. The maximum Gasteiger partial charge on any atom is 0.303 e. The zero-order chi connectivity index (χ0) is 31.6. The summed E-state index contributed by atoms with van der Waals surface area (Å²) >= 11 is 0. The van der Waals surface area contributed by atoms with E-state index in [1.54, 1.807) is 19.1 Å². The molecule has 0 aliphatic carbocycles. The second-order valence-electron chi connectivity index (χ2n) is 10.7. The average Bonchev–Trinajstić information content (AvgIpc) is 3.59. The number of nitrogens with one attached hydrogen (secondary N) is 3. The first-order valence-electron chi connectivity index (χ1n) is 14.1. The highest BCUT2D eigenvalue weighted by Crippen LogP contribution is 2.29. The van der Waals surface area contributed by atoms with Crippen LogP contribution >= 0.6 is 0 Å². The minimum absolute atomic E-state index is 0.0814. The number of amides is 2. The molecular weight excluding hydrogens is 548 g/mol. The second-order valence-corrected chi connectivity index (χ2v) is 10.7. The Balaban J connectivity index is 1.92. The van der Waals surface area contributed by atoms with Gasteiger partial charge in [0.1, 0.15) is 0 Å². The van der Waals surface area contributed by atoms with Gasteiger partial charge in [-0.1, -0.05) is 18.7 Å². The van der Waals surface area contributed by atoms with Crippen molar-refractivity contribution in [3.8, 4) is 0 Å². The molecule has 2 aliphatic rings. The lowest BCUT2D eigenvalue weighted by Crippen LogP contribution is -2.16. The number of carbonyl (C=O) groups excluding carboxylic acids is 2. The fourth-order valence-electron chi connectivity index (χ4n) is 5.57. The molecule has 5 N–H and O–H groups in total. The minimum atomic E-state index is -0.935. The van der Waals surface area contributed by atoms with Gasteiger partial charge in [-0.15, -0.1) is 0 Å². The summed E-state index contributed by atoms with van der Waals surface area (Å²) < 4.78 is 0. The van der Waals surface area contributed by atoms with Crippen LogP contribution in [-0.2, 0) is 32.0 Å². The summed E-state index contributed by atoms with van der Waals surface area (Å²) in [5, 5.41) is 23.1. The van der Waals surface area contributed by atoms with Crippen LogP contribution in [0.3, 0.4) is 0 Å². The molecule has 43 heavy (non-hydrogen) atoms. The van der Waals surface area contributed by atoms with Gasteiger partial charge in [0.05, 0.1) is 11.6 Å². The van der Waals surface area contributed by atoms with Gasteiger partial charge in [-0.05, 0) is 93.5 Å². The number of aliphatic carboxylic acids is 2. The molecule has 1 fully saturated rings. The van der Waals surface area contributed by atoms with Crippen LogP contribution < -0.4 is 16.0 Å². The number of carboxylic acids is 2. The lowest BCUT2D eigenvalue weighted by atomic mass is 10.00. The molecule has 4 heterocycles. The predicted octanol–water partition coefficient (Wildman–Crippen LogP) is 3.14. The molecule has 2 amide bonds. The summed E-state index contributed by atoms with van der Waals surface area (Å²) in [6, 6.07) is 0. The van der Waals surface area contributed by atoms with Gasteiger partial charge in [0.2, 0.25) is 5.91 Å².